The number of benzene rings is 3. The third-order valence-corrected chi connectivity index (χ3v) is 15.2. The molecule has 0 atom stereocenters. The first-order valence-corrected chi connectivity index (χ1v) is 25.8. The van der Waals surface area contributed by atoms with Crippen LogP contribution in [0.3, 0.4) is 0 Å². The van der Waals surface area contributed by atoms with Crippen LogP contribution in [0.25, 0.3) is 0 Å². The molecule has 0 bridgehead atoms. The van der Waals surface area contributed by atoms with Gasteiger partial charge in [0.15, 0.2) is 0 Å². The van der Waals surface area contributed by atoms with Gasteiger partial charge in [-0.25, -0.2) is 0 Å². The zero-order chi connectivity index (χ0) is 31.9. The van der Waals surface area contributed by atoms with Crippen LogP contribution in [-0.2, 0) is 11.9 Å². The predicted molar refractivity (Wildman–Crippen MR) is 198 cm³/mol. The van der Waals surface area contributed by atoms with Gasteiger partial charge in [-0.15, -0.1) is 0 Å². The number of hydrogen-bond donors (Lipinski definition) is 0. The number of aryl methyl sites for hydroxylation is 6. The average Bonchev–Trinajstić information content (AvgIpc) is 3.31. The molecule has 0 unspecified atom stereocenters. The van der Waals surface area contributed by atoms with Gasteiger partial charge in [0.1, 0.15) is 39.9 Å². The first-order chi connectivity index (χ1) is 20.1. The van der Waals surface area contributed by atoms with Crippen LogP contribution in [0.2, 0.25) is 0 Å². The van der Waals surface area contributed by atoms with Gasteiger partial charge in [0.05, 0.1) is 0 Å². The fourth-order valence-electron chi connectivity index (χ4n) is 5.81. The summed E-state index contributed by atoms with van der Waals surface area (Å²) in [6.45, 7) is 16.9. The summed E-state index contributed by atoms with van der Waals surface area (Å²) < 4.78 is 3.18. The van der Waals surface area contributed by atoms with Crippen molar-refractivity contribution >= 4 is 78.8 Å². The van der Waals surface area contributed by atoms with Crippen molar-refractivity contribution in [2.75, 3.05) is 29.1 Å². The Labute approximate surface area is 285 Å². The van der Waals surface area contributed by atoms with E-state index in [1.54, 1.807) is 0 Å². The van der Waals surface area contributed by atoms with E-state index >= 15 is 0 Å². The molecule has 0 amide bonds. The summed E-state index contributed by atoms with van der Waals surface area (Å²) >= 11 is 13.5. The van der Waals surface area contributed by atoms with Crippen molar-refractivity contribution in [1.29, 1.82) is 0 Å². The van der Waals surface area contributed by atoms with Gasteiger partial charge in [-0.1, -0.05) is 19.8 Å². The Kier molecular flexibility index (Phi) is 14.1. The van der Waals surface area contributed by atoms with Crippen LogP contribution in [0.4, 0.5) is 11.4 Å². The van der Waals surface area contributed by atoms with E-state index in [-0.39, 0.29) is 0 Å². The molecule has 0 aromatic heterocycles. The SMILES string of the molecule is CCCCCC[P+](Cl)(Cl)Cl.Cc1cc(C)c(N2CCN(c3c(C)cc(C)cc3C)[C]2=[Ru]([Cl])([Cl])=[CH]c2ccccc2)c(C)c1. The molecule has 1 aliphatic heterocycles. The van der Waals surface area contributed by atoms with Crippen LogP contribution in [0.15, 0.2) is 54.6 Å². The maximum atomic E-state index is 7.40. The second-order valence-corrected chi connectivity index (χ2v) is 28.9. The molecule has 0 radical (unpaired) electrons. The Morgan fingerprint density at radius 1 is 0.698 bits per heavy atom. The van der Waals surface area contributed by atoms with Gasteiger partial charge in [0.2, 0.25) is 0 Å². The number of rotatable bonds is 8. The van der Waals surface area contributed by atoms with Gasteiger partial charge in [-0.3, -0.25) is 0 Å². The molecule has 0 aliphatic carbocycles. The molecule has 9 heteroatoms. The van der Waals surface area contributed by atoms with Crippen LogP contribution < -0.4 is 9.80 Å². The van der Waals surface area contributed by atoms with E-state index in [0.717, 1.165) is 35.6 Å². The first-order valence-electron chi connectivity index (χ1n) is 14.7. The van der Waals surface area contributed by atoms with Crippen molar-refractivity contribution in [3.05, 3.63) is 93.5 Å². The van der Waals surface area contributed by atoms with E-state index in [4.69, 9.17) is 53.1 Å². The summed E-state index contributed by atoms with van der Waals surface area (Å²) in [6.07, 6.45) is 5.54. The zero-order valence-corrected chi connectivity index (χ0v) is 32.7. The van der Waals surface area contributed by atoms with Crippen molar-refractivity contribution in [3.8, 4) is 0 Å². The Morgan fingerprint density at radius 2 is 1.14 bits per heavy atom. The molecule has 0 spiro atoms. The molecular formula is C34H45Cl5N2PRu+. The van der Waals surface area contributed by atoms with Crippen LogP contribution in [-0.4, -0.2) is 28.2 Å². The van der Waals surface area contributed by atoms with Crippen molar-refractivity contribution in [1.82, 2.24) is 0 Å². The Bertz CT molecular complexity index is 1400. The quantitative estimate of drug-likeness (QED) is 0.127. The van der Waals surface area contributed by atoms with Crippen molar-refractivity contribution in [2.24, 2.45) is 0 Å². The Morgan fingerprint density at radius 3 is 1.53 bits per heavy atom. The molecule has 0 N–H and O–H groups in total. The van der Waals surface area contributed by atoms with Gasteiger partial charge in [-0.05, 0) is 12.8 Å². The van der Waals surface area contributed by atoms with E-state index in [1.807, 2.05) is 18.2 Å². The Balaban J connectivity index is 0.000000436. The average molecular weight is 791 g/mol. The van der Waals surface area contributed by atoms with Crippen molar-refractivity contribution in [3.63, 3.8) is 0 Å². The minimum absolute atomic E-state index is 0.789. The summed E-state index contributed by atoms with van der Waals surface area (Å²) in [7, 11) is 14.8. The number of halogens is 5. The fourth-order valence-corrected chi connectivity index (χ4v) is 13.5. The summed E-state index contributed by atoms with van der Waals surface area (Å²) in [4.78, 5) is 4.79. The van der Waals surface area contributed by atoms with Gasteiger partial charge >= 0.3 is 215 Å². The summed E-state index contributed by atoms with van der Waals surface area (Å²) in [6, 6.07) is 19.2. The molecule has 1 fully saturated rings. The molecule has 4 rings (SSSR count). The molecule has 3 aromatic rings. The molecule has 1 heterocycles. The zero-order valence-electron chi connectivity index (χ0n) is 26.3. The molecule has 238 valence electrons. The summed E-state index contributed by atoms with van der Waals surface area (Å²) in [5.41, 5.74) is 11.1. The fraction of sp³-hybridized carbons (Fsp3) is 0.412. The monoisotopic (exact) mass is 789 g/mol. The van der Waals surface area contributed by atoms with Gasteiger partial charge in [-0.2, -0.15) is 0 Å². The normalized spacial score (nSPS) is 14.1. The van der Waals surface area contributed by atoms with E-state index in [0.29, 0.717) is 0 Å². The van der Waals surface area contributed by atoms with Crippen LogP contribution in [0.5, 0.6) is 0 Å². The molecule has 3 aromatic carbocycles. The molecule has 2 nitrogen and oxygen atoms in total. The molecule has 1 saturated heterocycles. The maximum absolute atomic E-state index is 7.40. The van der Waals surface area contributed by atoms with Gasteiger partial charge < -0.3 is 0 Å². The summed E-state index contributed by atoms with van der Waals surface area (Å²) in [5, 5.41) is -2.04. The van der Waals surface area contributed by atoms with Crippen LogP contribution in [0.1, 0.15) is 71.6 Å². The van der Waals surface area contributed by atoms with Crippen molar-refractivity contribution in [2.45, 2.75) is 74.1 Å². The third kappa shape index (κ3) is 10.5. The number of unbranched alkanes of at least 4 members (excludes halogenated alkanes) is 3. The van der Waals surface area contributed by atoms with E-state index in [2.05, 4.69) is 99.3 Å². The van der Waals surface area contributed by atoms with E-state index < -0.39 is 17.2 Å². The van der Waals surface area contributed by atoms with Crippen LogP contribution >= 0.6 is 58.4 Å². The molecule has 1 aliphatic rings. The molecular weight excluding hydrogens is 746 g/mol. The van der Waals surface area contributed by atoms with Crippen LogP contribution in [0, 0.1) is 41.5 Å². The first kappa shape index (κ1) is 37.0. The molecule has 0 saturated carbocycles. The predicted octanol–water partition coefficient (Wildman–Crippen LogP) is 12.3. The van der Waals surface area contributed by atoms with E-state index in [9.17, 15) is 0 Å². The second kappa shape index (κ2) is 16.4. The van der Waals surface area contributed by atoms with Crippen molar-refractivity contribution < 1.29 is 11.9 Å². The second-order valence-electron chi connectivity index (χ2n) is 11.3. The van der Waals surface area contributed by atoms with E-state index in [1.165, 1.54) is 64.0 Å². The van der Waals surface area contributed by atoms with Gasteiger partial charge in [0.25, 0.3) is 0 Å². The standard InChI is InChI=1S/C21H26N2.C7H6.C6H13Cl3P.2ClH.Ru/c1-14-9-16(3)20(17(4)10-14)22-7-8-23(13-22)21-18(5)11-15(2)12-19(21)6;1-7-5-3-2-4-6-7;1-2-3-4-5-6-10(7,8)9;;;/h9-12H,7-8H2,1-6H3;1-6H;2-6H2,1H3;2*1H;/q;;+1;;;+2/p-2. The van der Waals surface area contributed by atoms with Gasteiger partial charge in [0, 0.05) is 0 Å². The number of nitrogens with zero attached hydrogens (tertiary/aromatic N) is 2. The number of hydrogen-bond acceptors (Lipinski definition) is 2. The summed E-state index contributed by atoms with van der Waals surface area (Å²) in [5.74, 6) is 0. The topological polar surface area (TPSA) is 6.48 Å². The minimum atomic E-state index is -3.44. The number of anilines is 2. The third-order valence-electron chi connectivity index (χ3n) is 7.31. The Hall–Kier alpha value is -0.497. The molecule has 43 heavy (non-hydrogen) atoms.